The molecule has 1 N–H and O–H groups in total. The van der Waals surface area contributed by atoms with Crippen LogP contribution in [0.4, 0.5) is 0 Å². The Bertz CT molecular complexity index is 217. The summed E-state index contributed by atoms with van der Waals surface area (Å²) in [5, 5.41) is 0. The Labute approximate surface area is 86.5 Å². The zero-order valence-corrected chi connectivity index (χ0v) is 9.81. The molecular weight excluding hydrogens is 178 g/mol. The van der Waals surface area contributed by atoms with Crippen LogP contribution in [0.15, 0.2) is 11.1 Å². The van der Waals surface area contributed by atoms with Gasteiger partial charge >= 0.3 is 0 Å². The number of hydroxylamine groups is 1. The quantitative estimate of drug-likeness (QED) is 0.545. The maximum Gasteiger partial charge on any atom is 0.246 e. The van der Waals surface area contributed by atoms with Crippen LogP contribution in [-0.4, -0.2) is 12.5 Å². The molecule has 0 aliphatic rings. The minimum Gasteiger partial charge on any atom is -0.273 e. The molecule has 0 aromatic rings. The predicted molar refractivity (Wildman–Crippen MR) is 57.6 cm³/mol. The van der Waals surface area contributed by atoms with Crippen LogP contribution in [0.3, 0.4) is 0 Å². The highest BCUT2D eigenvalue weighted by molar-refractivity contribution is 5.77. The van der Waals surface area contributed by atoms with Crippen molar-refractivity contribution in [1.29, 1.82) is 0 Å². The van der Waals surface area contributed by atoms with E-state index in [1.54, 1.807) is 0 Å². The predicted octanol–water partition coefficient (Wildman–Crippen LogP) is 2.44. The van der Waals surface area contributed by atoms with Gasteiger partial charge in [0.25, 0.3) is 0 Å². The van der Waals surface area contributed by atoms with Gasteiger partial charge in [-0.05, 0) is 32.8 Å². The molecule has 0 spiro atoms. The summed E-state index contributed by atoms with van der Waals surface area (Å²) in [5.41, 5.74) is 4.82. The number of hydrogen-bond donors (Lipinski definition) is 1. The van der Waals surface area contributed by atoms with Gasteiger partial charge in [-0.1, -0.05) is 19.4 Å². The summed E-state index contributed by atoms with van der Waals surface area (Å²) in [6.07, 6.45) is 0.830. The molecule has 3 heteroatoms. The van der Waals surface area contributed by atoms with Crippen molar-refractivity contribution in [2.75, 3.05) is 6.61 Å². The lowest BCUT2D eigenvalue weighted by Crippen LogP contribution is -2.29. The topological polar surface area (TPSA) is 38.3 Å². The average molecular weight is 199 g/mol. The van der Waals surface area contributed by atoms with Crippen molar-refractivity contribution >= 4 is 5.91 Å². The third kappa shape index (κ3) is 5.02. The number of nitrogens with one attached hydrogen (secondary N) is 1. The Morgan fingerprint density at radius 1 is 1.36 bits per heavy atom. The Morgan fingerprint density at radius 3 is 2.36 bits per heavy atom. The second-order valence-corrected chi connectivity index (χ2v) is 3.84. The van der Waals surface area contributed by atoms with Crippen LogP contribution in [-0.2, 0) is 9.63 Å². The number of carbonyl (C=O) groups excluding carboxylic acids is 1. The van der Waals surface area contributed by atoms with Crippen LogP contribution in [0.5, 0.6) is 0 Å². The van der Waals surface area contributed by atoms with Crippen LogP contribution in [0.25, 0.3) is 0 Å². The van der Waals surface area contributed by atoms with Gasteiger partial charge in [-0.2, -0.15) is 0 Å². The van der Waals surface area contributed by atoms with E-state index >= 15 is 0 Å². The molecule has 0 aromatic carbocycles. The average Bonchev–Trinajstić information content (AvgIpc) is 2.15. The third-order valence-electron chi connectivity index (χ3n) is 2.37. The lowest BCUT2D eigenvalue weighted by Gasteiger charge is -2.10. The summed E-state index contributed by atoms with van der Waals surface area (Å²) in [4.78, 5) is 16.4. The molecule has 0 aliphatic carbocycles. The van der Waals surface area contributed by atoms with E-state index in [-0.39, 0.29) is 11.8 Å². The van der Waals surface area contributed by atoms with Crippen molar-refractivity contribution in [3.8, 4) is 0 Å². The molecule has 0 rings (SSSR count). The monoisotopic (exact) mass is 199 g/mol. The molecule has 0 heterocycles. The molecule has 3 nitrogen and oxygen atoms in total. The van der Waals surface area contributed by atoms with Gasteiger partial charge in [0.05, 0.1) is 6.61 Å². The first-order valence-electron chi connectivity index (χ1n) is 5.03. The molecule has 0 fully saturated rings. The Kier molecular flexibility index (Phi) is 6.21. The lowest BCUT2D eigenvalue weighted by atomic mass is 10.1. The van der Waals surface area contributed by atoms with Crippen LogP contribution in [0.2, 0.25) is 0 Å². The first-order chi connectivity index (χ1) is 6.49. The third-order valence-corrected chi connectivity index (χ3v) is 2.37. The smallest absolute Gasteiger partial charge is 0.246 e. The zero-order chi connectivity index (χ0) is 11.1. The van der Waals surface area contributed by atoms with Gasteiger partial charge in [-0.25, -0.2) is 5.48 Å². The maximum atomic E-state index is 11.3. The van der Waals surface area contributed by atoms with Crippen LogP contribution in [0.1, 0.15) is 41.0 Å². The largest absolute Gasteiger partial charge is 0.273 e. The Balaban J connectivity index is 3.76. The molecule has 14 heavy (non-hydrogen) atoms. The first kappa shape index (κ1) is 13.2. The molecule has 1 atom stereocenters. The van der Waals surface area contributed by atoms with Crippen molar-refractivity contribution in [2.24, 2.45) is 5.92 Å². The summed E-state index contributed by atoms with van der Waals surface area (Å²) < 4.78 is 0. The van der Waals surface area contributed by atoms with Gasteiger partial charge in [0.2, 0.25) is 5.91 Å². The summed E-state index contributed by atoms with van der Waals surface area (Å²) >= 11 is 0. The molecule has 0 saturated carbocycles. The van der Waals surface area contributed by atoms with E-state index in [9.17, 15) is 4.79 Å². The van der Waals surface area contributed by atoms with Crippen molar-refractivity contribution in [3.63, 3.8) is 0 Å². The number of carbonyl (C=O) groups is 1. The van der Waals surface area contributed by atoms with E-state index < -0.39 is 0 Å². The molecular formula is C11H21NO2. The fourth-order valence-corrected chi connectivity index (χ4v) is 0.646. The maximum absolute atomic E-state index is 11.3. The molecule has 1 amide bonds. The Hall–Kier alpha value is -0.830. The minimum absolute atomic E-state index is 0.0157. The summed E-state index contributed by atoms with van der Waals surface area (Å²) in [5.74, 6) is -0.0314. The highest BCUT2D eigenvalue weighted by Crippen LogP contribution is 2.02. The highest BCUT2D eigenvalue weighted by atomic mass is 16.6. The van der Waals surface area contributed by atoms with Gasteiger partial charge in [-0.3, -0.25) is 9.63 Å². The molecule has 82 valence electrons. The minimum atomic E-state index is -0.0472. The molecule has 1 unspecified atom stereocenters. The molecule has 0 aromatic heterocycles. The van der Waals surface area contributed by atoms with E-state index in [0.29, 0.717) is 6.61 Å². The SMILES string of the molecule is CCC(C)C(=O)NOCC(C)=C(C)C. The molecule has 0 aliphatic heterocycles. The second kappa shape index (κ2) is 6.60. The summed E-state index contributed by atoms with van der Waals surface area (Å²) in [6, 6.07) is 0. The molecule has 0 radical (unpaired) electrons. The summed E-state index contributed by atoms with van der Waals surface area (Å²) in [6.45, 7) is 10.4. The van der Waals surface area contributed by atoms with Gasteiger partial charge in [0, 0.05) is 5.92 Å². The fraction of sp³-hybridized carbons (Fsp3) is 0.727. The van der Waals surface area contributed by atoms with Crippen molar-refractivity contribution in [3.05, 3.63) is 11.1 Å². The molecule has 0 bridgehead atoms. The number of amides is 1. The van der Waals surface area contributed by atoms with Crippen molar-refractivity contribution in [1.82, 2.24) is 5.48 Å². The summed E-state index contributed by atoms with van der Waals surface area (Å²) in [7, 11) is 0. The highest BCUT2D eigenvalue weighted by Gasteiger charge is 2.09. The number of allylic oxidation sites excluding steroid dienone is 1. The molecule has 0 saturated heterocycles. The van der Waals surface area contributed by atoms with Crippen molar-refractivity contribution in [2.45, 2.75) is 41.0 Å². The first-order valence-corrected chi connectivity index (χ1v) is 5.03. The van der Waals surface area contributed by atoms with Gasteiger partial charge in [0.15, 0.2) is 0 Å². The van der Waals surface area contributed by atoms with E-state index in [2.05, 4.69) is 5.48 Å². The van der Waals surface area contributed by atoms with Gasteiger partial charge < -0.3 is 0 Å². The standard InChI is InChI=1S/C11H21NO2/c1-6-9(4)11(13)12-14-7-10(5)8(2)3/h9H,6-7H2,1-5H3,(H,12,13). The van der Waals surface area contributed by atoms with E-state index in [4.69, 9.17) is 4.84 Å². The van der Waals surface area contributed by atoms with Gasteiger partial charge in [0.1, 0.15) is 0 Å². The number of hydrogen-bond acceptors (Lipinski definition) is 2. The lowest BCUT2D eigenvalue weighted by molar-refractivity contribution is -0.136. The van der Waals surface area contributed by atoms with Crippen LogP contribution < -0.4 is 5.48 Å². The van der Waals surface area contributed by atoms with E-state index in [1.807, 2.05) is 34.6 Å². The van der Waals surface area contributed by atoms with Crippen molar-refractivity contribution < 1.29 is 9.63 Å². The second-order valence-electron chi connectivity index (χ2n) is 3.84. The fourth-order valence-electron chi connectivity index (χ4n) is 0.646. The number of rotatable bonds is 5. The normalized spacial score (nSPS) is 12.1. The Morgan fingerprint density at radius 2 is 1.93 bits per heavy atom. The van der Waals surface area contributed by atoms with Gasteiger partial charge in [-0.15, -0.1) is 0 Å². The van der Waals surface area contributed by atoms with E-state index in [0.717, 1.165) is 12.0 Å². The zero-order valence-electron chi connectivity index (χ0n) is 9.81. The van der Waals surface area contributed by atoms with Crippen LogP contribution in [0, 0.1) is 5.92 Å². The van der Waals surface area contributed by atoms with Crippen LogP contribution >= 0.6 is 0 Å². The van der Waals surface area contributed by atoms with E-state index in [1.165, 1.54) is 5.57 Å².